The maximum atomic E-state index is 12.5. The number of nitrogens with one attached hydrogen (secondary N) is 3. The molecular weight excluding hydrogens is 444 g/mol. The number of aliphatic carboxylic acids is 1. The molecule has 1 heterocycles. The van der Waals surface area contributed by atoms with Crippen LogP contribution in [0.2, 0.25) is 0 Å². The van der Waals surface area contributed by atoms with Crippen LogP contribution in [0.25, 0.3) is 10.8 Å². The zero-order valence-corrected chi connectivity index (χ0v) is 20.1. The van der Waals surface area contributed by atoms with E-state index in [1.54, 1.807) is 0 Å². The molecule has 2 fully saturated rings. The number of hydrogen-bond acceptors (Lipinski definition) is 5. The van der Waals surface area contributed by atoms with Crippen LogP contribution in [-0.2, 0) is 14.4 Å². The van der Waals surface area contributed by atoms with Gasteiger partial charge in [0.05, 0.1) is 6.54 Å². The Balaban J connectivity index is 1.20. The molecule has 2 amide bonds. The van der Waals surface area contributed by atoms with Gasteiger partial charge in [-0.05, 0) is 48.9 Å². The van der Waals surface area contributed by atoms with Gasteiger partial charge in [-0.2, -0.15) is 0 Å². The van der Waals surface area contributed by atoms with Crippen molar-refractivity contribution in [1.29, 1.82) is 0 Å². The number of carbonyl (C=O) groups is 3. The molecule has 0 aromatic heterocycles. The molecule has 2 aliphatic rings. The minimum absolute atomic E-state index is 0.122. The molecule has 8 heteroatoms. The summed E-state index contributed by atoms with van der Waals surface area (Å²) in [6, 6.07) is 15.6. The standard InChI is InChI=1S/C27H34N4O4/c1-19(22-9-4-7-20-6-2-3-8-23(20)22)31-16-11-21(12-17-31)29-18-24(32)30-27(13-14-27)26(35)28-15-5-10-25(33)34/h2-10,19,21,29H,11-18H2,1H3,(H,28,35)(H,30,32)(H,33,34)/b10-5+. The molecular formula is C27H34N4O4. The Morgan fingerprint density at radius 1 is 1.11 bits per heavy atom. The van der Waals surface area contributed by atoms with Gasteiger partial charge >= 0.3 is 5.97 Å². The molecule has 1 unspecified atom stereocenters. The highest BCUT2D eigenvalue weighted by Gasteiger charge is 2.50. The monoisotopic (exact) mass is 478 g/mol. The SMILES string of the molecule is CC(c1cccc2ccccc12)N1CCC(NCC(=O)NC2(C(=O)NC/C=C/C(=O)O)CC2)CC1. The Hall–Kier alpha value is -3.23. The maximum absolute atomic E-state index is 12.5. The topological polar surface area (TPSA) is 111 Å². The summed E-state index contributed by atoms with van der Waals surface area (Å²) in [5.41, 5.74) is 0.493. The summed E-state index contributed by atoms with van der Waals surface area (Å²) in [5.74, 6) is -1.52. The average Bonchev–Trinajstić information content (AvgIpc) is 3.65. The van der Waals surface area contributed by atoms with Gasteiger partial charge in [-0.15, -0.1) is 0 Å². The molecule has 1 aliphatic heterocycles. The largest absolute Gasteiger partial charge is 0.478 e. The highest BCUT2D eigenvalue weighted by Crippen LogP contribution is 2.35. The molecule has 2 aromatic rings. The van der Waals surface area contributed by atoms with Crippen LogP contribution in [0, 0.1) is 0 Å². The van der Waals surface area contributed by atoms with E-state index in [0.29, 0.717) is 18.9 Å². The third-order valence-corrected chi connectivity index (χ3v) is 7.11. The van der Waals surface area contributed by atoms with Crippen molar-refractivity contribution in [2.45, 2.75) is 50.2 Å². The van der Waals surface area contributed by atoms with Gasteiger partial charge in [-0.25, -0.2) is 4.79 Å². The lowest BCUT2D eigenvalue weighted by atomic mass is 9.96. The summed E-state index contributed by atoms with van der Waals surface area (Å²) in [7, 11) is 0. The van der Waals surface area contributed by atoms with Crippen LogP contribution in [-0.4, -0.2) is 65.5 Å². The van der Waals surface area contributed by atoms with Gasteiger partial charge < -0.3 is 21.1 Å². The van der Waals surface area contributed by atoms with E-state index in [1.807, 2.05) is 0 Å². The summed E-state index contributed by atoms with van der Waals surface area (Å²) < 4.78 is 0. The van der Waals surface area contributed by atoms with Crippen molar-refractivity contribution in [2.75, 3.05) is 26.2 Å². The number of likely N-dealkylation sites (tertiary alicyclic amines) is 1. The number of benzene rings is 2. The molecule has 0 bridgehead atoms. The van der Waals surface area contributed by atoms with Gasteiger partial charge in [0.1, 0.15) is 5.54 Å². The highest BCUT2D eigenvalue weighted by atomic mass is 16.4. The lowest BCUT2D eigenvalue weighted by Gasteiger charge is -2.37. The number of carbonyl (C=O) groups excluding carboxylic acids is 2. The second kappa shape index (κ2) is 11.0. The Bertz CT molecular complexity index is 1100. The fraction of sp³-hybridized carbons (Fsp3) is 0.444. The molecule has 0 radical (unpaired) electrons. The van der Waals surface area contributed by atoms with E-state index in [-0.39, 0.29) is 30.9 Å². The Labute approximate surface area is 205 Å². The molecule has 2 aromatic carbocycles. The van der Waals surface area contributed by atoms with Crippen molar-refractivity contribution in [2.24, 2.45) is 0 Å². The Morgan fingerprint density at radius 3 is 2.54 bits per heavy atom. The van der Waals surface area contributed by atoms with Crippen LogP contribution < -0.4 is 16.0 Å². The van der Waals surface area contributed by atoms with Crippen molar-refractivity contribution in [1.82, 2.24) is 20.9 Å². The molecule has 4 rings (SSSR count). The Morgan fingerprint density at radius 2 is 1.83 bits per heavy atom. The first-order valence-corrected chi connectivity index (χ1v) is 12.3. The predicted octanol–water partition coefficient (Wildman–Crippen LogP) is 2.36. The summed E-state index contributed by atoms with van der Waals surface area (Å²) in [5, 5.41) is 20.0. The normalized spacial score (nSPS) is 18.9. The van der Waals surface area contributed by atoms with Gasteiger partial charge in [0.15, 0.2) is 0 Å². The van der Waals surface area contributed by atoms with E-state index < -0.39 is 11.5 Å². The molecule has 4 N–H and O–H groups in total. The smallest absolute Gasteiger partial charge is 0.328 e. The average molecular weight is 479 g/mol. The lowest BCUT2D eigenvalue weighted by Crippen LogP contribution is -2.52. The molecule has 186 valence electrons. The van der Waals surface area contributed by atoms with Gasteiger partial charge in [0, 0.05) is 37.8 Å². The van der Waals surface area contributed by atoms with Crippen molar-refractivity contribution < 1.29 is 19.5 Å². The first-order chi connectivity index (χ1) is 16.9. The van der Waals surface area contributed by atoms with E-state index in [0.717, 1.165) is 32.0 Å². The molecule has 1 saturated carbocycles. The van der Waals surface area contributed by atoms with Crippen LogP contribution >= 0.6 is 0 Å². The number of piperidine rings is 1. The molecule has 0 spiro atoms. The summed E-state index contributed by atoms with van der Waals surface area (Å²) >= 11 is 0. The third kappa shape index (κ3) is 6.26. The van der Waals surface area contributed by atoms with Crippen LogP contribution in [0.5, 0.6) is 0 Å². The minimum Gasteiger partial charge on any atom is -0.478 e. The first kappa shape index (κ1) is 24.9. The number of nitrogens with zero attached hydrogens (tertiary/aromatic N) is 1. The first-order valence-electron chi connectivity index (χ1n) is 12.3. The number of amides is 2. The van der Waals surface area contributed by atoms with E-state index in [1.165, 1.54) is 22.4 Å². The van der Waals surface area contributed by atoms with Crippen molar-refractivity contribution in [3.05, 3.63) is 60.2 Å². The van der Waals surface area contributed by atoms with E-state index >= 15 is 0 Å². The molecule has 1 atom stereocenters. The van der Waals surface area contributed by atoms with Crippen molar-refractivity contribution in [3.63, 3.8) is 0 Å². The second-order valence-corrected chi connectivity index (χ2v) is 9.52. The highest BCUT2D eigenvalue weighted by molar-refractivity contribution is 5.94. The fourth-order valence-electron chi connectivity index (χ4n) is 4.86. The number of hydrogen-bond donors (Lipinski definition) is 4. The minimum atomic E-state index is -1.06. The predicted molar refractivity (Wildman–Crippen MR) is 135 cm³/mol. The number of carboxylic acid groups (broad SMARTS) is 1. The van der Waals surface area contributed by atoms with Crippen molar-refractivity contribution in [3.8, 4) is 0 Å². The van der Waals surface area contributed by atoms with Crippen LogP contribution in [0.4, 0.5) is 0 Å². The molecule has 35 heavy (non-hydrogen) atoms. The molecule has 1 aliphatic carbocycles. The van der Waals surface area contributed by atoms with Crippen LogP contribution in [0.3, 0.4) is 0 Å². The van der Waals surface area contributed by atoms with Crippen LogP contribution in [0.1, 0.15) is 44.2 Å². The number of fused-ring (bicyclic) bond motifs is 1. The number of carboxylic acids is 1. The van der Waals surface area contributed by atoms with E-state index in [4.69, 9.17) is 5.11 Å². The van der Waals surface area contributed by atoms with E-state index in [2.05, 4.69) is 70.2 Å². The zero-order chi connectivity index (χ0) is 24.8. The summed E-state index contributed by atoms with van der Waals surface area (Å²) in [4.78, 5) is 37.9. The zero-order valence-electron chi connectivity index (χ0n) is 20.1. The second-order valence-electron chi connectivity index (χ2n) is 9.52. The maximum Gasteiger partial charge on any atom is 0.328 e. The van der Waals surface area contributed by atoms with Crippen molar-refractivity contribution >= 4 is 28.6 Å². The Kier molecular flexibility index (Phi) is 7.83. The van der Waals surface area contributed by atoms with E-state index in [9.17, 15) is 14.4 Å². The van der Waals surface area contributed by atoms with Gasteiger partial charge in [0.2, 0.25) is 11.8 Å². The quantitative estimate of drug-likeness (QED) is 0.390. The van der Waals surface area contributed by atoms with Gasteiger partial charge in [-0.3, -0.25) is 14.5 Å². The molecule has 8 nitrogen and oxygen atoms in total. The fourth-order valence-corrected chi connectivity index (χ4v) is 4.86. The summed E-state index contributed by atoms with van der Waals surface area (Å²) in [6.45, 7) is 4.48. The van der Waals surface area contributed by atoms with Crippen LogP contribution in [0.15, 0.2) is 54.6 Å². The third-order valence-electron chi connectivity index (χ3n) is 7.11. The number of rotatable bonds is 10. The summed E-state index contributed by atoms with van der Waals surface area (Å²) in [6.07, 6.45) is 5.47. The lowest BCUT2D eigenvalue weighted by molar-refractivity contribution is -0.131. The van der Waals surface area contributed by atoms with Gasteiger partial charge in [0.25, 0.3) is 0 Å². The molecule has 1 saturated heterocycles. The van der Waals surface area contributed by atoms with Gasteiger partial charge in [-0.1, -0.05) is 48.5 Å².